The van der Waals surface area contributed by atoms with E-state index in [2.05, 4.69) is 10.2 Å². The Labute approximate surface area is 130 Å². The number of nitro benzene ring substituents is 1. The van der Waals surface area contributed by atoms with Gasteiger partial charge in [0.05, 0.1) is 17.0 Å². The molecule has 8 heteroatoms. The molecule has 0 bridgehead atoms. The van der Waals surface area contributed by atoms with Crippen LogP contribution in [0.3, 0.4) is 0 Å². The van der Waals surface area contributed by atoms with E-state index < -0.39 is 4.92 Å². The first-order chi connectivity index (χ1) is 11.0. The van der Waals surface area contributed by atoms with Gasteiger partial charge in [-0.3, -0.25) is 20.0 Å². The standard InChI is InChI=1S/C15H14N4O4/c1-9-3-5-11(23-9)8-18(2)15(20)14-12-7-10(19(21)22)4-6-13(12)16-17-14/h3-7H,8H2,1-2H3,(H,16,17). The lowest BCUT2D eigenvalue weighted by atomic mass is 10.1. The number of fused-ring (bicyclic) bond motifs is 1. The van der Waals surface area contributed by atoms with Gasteiger partial charge < -0.3 is 9.32 Å². The molecular weight excluding hydrogens is 300 g/mol. The number of H-pyrrole nitrogens is 1. The average molecular weight is 314 g/mol. The molecule has 8 nitrogen and oxygen atoms in total. The molecule has 1 N–H and O–H groups in total. The van der Waals surface area contributed by atoms with Crippen molar-refractivity contribution in [3.05, 3.63) is 57.7 Å². The number of hydrogen-bond acceptors (Lipinski definition) is 5. The van der Waals surface area contributed by atoms with E-state index >= 15 is 0 Å². The number of rotatable bonds is 4. The number of furan rings is 1. The summed E-state index contributed by atoms with van der Waals surface area (Å²) in [5, 5.41) is 18.0. The molecule has 1 amide bonds. The van der Waals surface area contributed by atoms with Crippen molar-refractivity contribution in [2.45, 2.75) is 13.5 Å². The number of carbonyl (C=O) groups is 1. The van der Waals surface area contributed by atoms with Crippen LogP contribution >= 0.6 is 0 Å². The molecule has 0 radical (unpaired) electrons. The first kappa shape index (κ1) is 14.8. The van der Waals surface area contributed by atoms with Gasteiger partial charge in [-0.2, -0.15) is 5.10 Å². The van der Waals surface area contributed by atoms with Crippen LogP contribution in [0.1, 0.15) is 22.0 Å². The number of aromatic nitrogens is 2. The Morgan fingerprint density at radius 2 is 2.17 bits per heavy atom. The third kappa shape index (κ3) is 2.78. The smallest absolute Gasteiger partial charge is 0.275 e. The van der Waals surface area contributed by atoms with E-state index in [1.807, 2.05) is 13.0 Å². The molecule has 1 aromatic carbocycles. The van der Waals surface area contributed by atoms with Gasteiger partial charge in [0.2, 0.25) is 0 Å². The molecular formula is C15H14N4O4. The maximum absolute atomic E-state index is 12.5. The second-order valence-corrected chi connectivity index (χ2v) is 5.23. The minimum Gasteiger partial charge on any atom is -0.464 e. The van der Waals surface area contributed by atoms with Crippen molar-refractivity contribution in [1.82, 2.24) is 15.1 Å². The normalized spacial score (nSPS) is 10.9. The van der Waals surface area contributed by atoms with Crippen LogP contribution in [-0.2, 0) is 6.54 Å². The third-order valence-electron chi connectivity index (χ3n) is 3.50. The number of carbonyl (C=O) groups excluding carboxylic acids is 1. The number of aryl methyl sites for hydroxylation is 1. The van der Waals surface area contributed by atoms with Crippen LogP contribution in [0.5, 0.6) is 0 Å². The van der Waals surface area contributed by atoms with E-state index in [4.69, 9.17) is 4.42 Å². The minimum atomic E-state index is -0.504. The number of nitro groups is 1. The average Bonchev–Trinajstić information content (AvgIpc) is 3.11. The predicted molar refractivity (Wildman–Crippen MR) is 82.0 cm³/mol. The fourth-order valence-electron chi connectivity index (χ4n) is 2.34. The van der Waals surface area contributed by atoms with Crippen molar-refractivity contribution in [1.29, 1.82) is 0 Å². The first-order valence-electron chi connectivity index (χ1n) is 6.89. The number of amides is 1. The number of nitrogens with one attached hydrogen (secondary N) is 1. The molecule has 0 aliphatic carbocycles. The van der Waals surface area contributed by atoms with Crippen molar-refractivity contribution >= 4 is 22.5 Å². The van der Waals surface area contributed by atoms with Gasteiger partial charge in [0.25, 0.3) is 11.6 Å². The summed E-state index contributed by atoms with van der Waals surface area (Å²) in [7, 11) is 1.62. The Morgan fingerprint density at radius 3 is 2.83 bits per heavy atom. The van der Waals surface area contributed by atoms with Crippen LogP contribution in [0, 0.1) is 17.0 Å². The van der Waals surface area contributed by atoms with E-state index in [1.165, 1.54) is 23.1 Å². The van der Waals surface area contributed by atoms with Crippen LogP contribution in [0.25, 0.3) is 10.9 Å². The molecule has 0 atom stereocenters. The summed E-state index contributed by atoms with van der Waals surface area (Å²) in [6, 6.07) is 7.86. The van der Waals surface area contributed by atoms with Crippen LogP contribution < -0.4 is 0 Å². The number of aromatic amines is 1. The molecule has 0 saturated carbocycles. The van der Waals surface area contributed by atoms with Crippen molar-refractivity contribution in [3.8, 4) is 0 Å². The van der Waals surface area contributed by atoms with Crippen molar-refractivity contribution < 1.29 is 14.1 Å². The van der Waals surface area contributed by atoms with Crippen LogP contribution in [0.4, 0.5) is 5.69 Å². The largest absolute Gasteiger partial charge is 0.464 e. The highest BCUT2D eigenvalue weighted by Crippen LogP contribution is 2.23. The Bertz CT molecular complexity index is 896. The number of benzene rings is 1. The summed E-state index contributed by atoms with van der Waals surface area (Å²) in [6.45, 7) is 2.11. The molecule has 3 aromatic rings. The lowest BCUT2D eigenvalue weighted by Gasteiger charge is -2.14. The molecule has 0 aliphatic heterocycles. The van der Waals surface area contributed by atoms with Crippen molar-refractivity contribution in [2.24, 2.45) is 0 Å². The highest BCUT2D eigenvalue weighted by Gasteiger charge is 2.21. The SMILES string of the molecule is Cc1ccc(CN(C)C(=O)c2n[nH]c3ccc([N+](=O)[O-])cc23)o1. The van der Waals surface area contributed by atoms with Gasteiger partial charge in [0.1, 0.15) is 11.5 Å². The Hall–Kier alpha value is -3.16. The van der Waals surface area contributed by atoms with Gasteiger partial charge >= 0.3 is 0 Å². The van der Waals surface area contributed by atoms with Crippen molar-refractivity contribution in [3.63, 3.8) is 0 Å². The van der Waals surface area contributed by atoms with Gasteiger partial charge in [-0.1, -0.05) is 0 Å². The Balaban J connectivity index is 1.90. The maximum atomic E-state index is 12.5. The molecule has 0 fully saturated rings. The molecule has 0 aliphatic rings. The molecule has 0 spiro atoms. The van der Waals surface area contributed by atoms with Crippen molar-refractivity contribution in [2.75, 3.05) is 7.05 Å². The Kier molecular flexibility index (Phi) is 3.57. The fraction of sp³-hybridized carbons (Fsp3) is 0.200. The highest BCUT2D eigenvalue weighted by atomic mass is 16.6. The van der Waals surface area contributed by atoms with Gasteiger partial charge in [-0.05, 0) is 25.1 Å². The molecule has 118 valence electrons. The quantitative estimate of drug-likeness (QED) is 0.588. The molecule has 0 saturated heterocycles. The van der Waals surface area contributed by atoms with Crippen LogP contribution in [0.15, 0.2) is 34.7 Å². The van der Waals surface area contributed by atoms with E-state index in [-0.39, 0.29) is 23.8 Å². The lowest BCUT2D eigenvalue weighted by molar-refractivity contribution is -0.384. The first-order valence-corrected chi connectivity index (χ1v) is 6.89. The van der Waals surface area contributed by atoms with E-state index in [9.17, 15) is 14.9 Å². The zero-order valence-corrected chi connectivity index (χ0v) is 12.6. The minimum absolute atomic E-state index is 0.0859. The predicted octanol–water partition coefficient (Wildman–Crippen LogP) is 2.64. The summed E-state index contributed by atoms with van der Waals surface area (Å²) >= 11 is 0. The van der Waals surface area contributed by atoms with Gasteiger partial charge in [-0.25, -0.2) is 0 Å². The second-order valence-electron chi connectivity index (χ2n) is 5.23. The number of nitrogens with zero attached hydrogens (tertiary/aromatic N) is 3. The van der Waals surface area contributed by atoms with Crippen LogP contribution in [-0.4, -0.2) is 33.0 Å². The summed E-state index contributed by atoms with van der Waals surface area (Å²) in [6.07, 6.45) is 0. The van der Waals surface area contributed by atoms with Crippen LogP contribution in [0.2, 0.25) is 0 Å². The molecule has 0 unspecified atom stereocenters. The third-order valence-corrected chi connectivity index (χ3v) is 3.50. The summed E-state index contributed by atoms with van der Waals surface area (Å²) in [5.41, 5.74) is 0.632. The summed E-state index contributed by atoms with van der Waals surface area (Å²) < 4.78 is 5.45. The lowest BCUT2D eigenvalue weighted by Crippen LogP contribution is -2.26. The summed E-state index contributed by atoms with van der Waals surface area (Å²) in [4.78, 5) is 24.4. The highest BCUT2D eigenvalue weighted by molar-refractivity contribution is 6.05. The maximum Gasteiger partial charge on any atom is 0.275 e. The zero-order chi connectivity index (χ0) is 16.6. The van der Waals surface area contributed by atoms with Gasteiger partial charge in [0, 0.05) is 24.6 Å². The van der Waals surface area contributed by atoms with E-state index in [1.54, 1.807) is 13.1 Å². The summed E-state index contributed by atoms with van der Waals surface area (Å²) in [5.74, 6) is 1.08. The molecule has 3 rings (SSSR count). The molecule has 23 heavy (non-hydrogen) atoms. The topological polar surface area (TPSA) is 105 Å². The number of hydrogen-bond donors (Lipinski definition) is 1. The monoisotopic (exact) mass is 314 g/mol. The molecule has 2 heterocycles. The second kappa shape index (κ2) is 5.56. The Morgan fingerprint density at radius 1 is 1.39 bits per heavy atom. The van der Waals surface area contributed by atoms with E-state index in [0.717, 1.165) is 5.76 Å². The van der Waals surface area contributed by atoms with Gasteiger partial charge in [-0.15, -0.1) is 0 Å². The fourth-order valence-corrected chi connectivity index (χ4v) is 2.34. The van der Waals surface area contributed by atoms with E-state index in [0.29, 0.717) is 16.7 Å². The molecule has 2 aromatic heterocycles. The number of non-ortho nitro benzene ring substituents is 1. The zero-order valence-electron chi connectivity index (χ0n) is 12.6. The van der Waals surface area contributed by atoms with Gasteiger partial charge in [0.15, 0.2) is 5.69 Å².